The van der Waals surface area contributed by atoms with Gasteiger partial charge in [0.15, 0.2) is 5.82 Å². The average Bonchev–Trinajstić information content (AvgIpc) is 3.15. The molecule has 0 N–H and O–H groups in total. The molecule has 0 fully saturated rings. The maximum atomic E-state index is 4.57. The first-order valence-electron chi connectivity index (χ1n) is 7.10. The minimum absolute atomic E-state index is 0.907. The summed E-state index contributed by atoms with van der Waals surface area (Å²) >= 11 is 1.82. The summed E-state index contributed by atoms with van der Waals surface area (Å²) in [6, 6.07) is 6.41. The molecule has 0 atom stereocenters. The Hall–Kier alpha value is -2.14. The van der Waals surface area contributed by atoms with Crippen molar-refractivity contribution in [1.82, 2.24) is 14.6 Å². The minimum atomic E-state index is 0.907. The molecule has 4 nitrogen and oxygen atoms in total. The minimum Gasteiger partial charge on any atom is -0.351 e. The molecule has 0 saturated carbocycles. The lowest BCUT2D eigenvalue weighted by Gasteiger charge is -2.27. The molecule has 0 aromatic carbocycles. The van der Waals surface area contributed by atoms with Gasteiger partial charge in [-0.2, -0.15) is 5.10 Å². The third-order valence-electron chi connectivity index (χ3n) is 3.84. The van der Waals surface area contributed by atoms with Crippen LogP contribution in [0.4, 0.5) is 5.82 Å². The highest BCUT2D eigenvalue weighted by molar-refractivity contribution is 7.11. The molecule has 5 heteroatoms. The second-order valence-electron chi connectivity index (χ2n) is 5.27. The van der Waals surface area contributed by atoms with E-state index < -0.39 is 0 Å². The fourth-order valence-corrected chi connectivity index (χ4v) is 3.62. The lowest BCUT2D eigenvalue weighted by Crippen LogP contribution is -2.29. The molecule has 0 spiro atoms. The summed E-state index contributed by atoms with van der Waals surface area (Å²) in [5, 5.41) is 6.60. The largest absolute Gasteiger partial charge is 0.351 e. The van der Waals surface area contributed by atoms with Crippen LogP contribution < -0.4 is 4.90 Å². The summed E-state index contributed by atoms with van der Waals surface area (Å²) in [6.45, 7) is 3.92. The zero-order valence-electron chi connectivity index (χ0n) is 11.9. The van der Waals surface area contributed by atoms with Crippen LogP contribution in [0.15, 0.2) is 42.0 Å². The third kappa shape index (κ3) is 2.23. The van der Waals surface area contributed by atoms with Gasteiger partial charge in [-0.15, -0.1) is 11.3 Å². The molecule has 3 aromatic heterocycles. The zero-order chi connectivity index (χ0) is 14.2. The number of hydrogen-bond acceptors (Lipinski definition) is 4. The maximum absolute atomic E-state index is 4.57. The molecular weight excluding hydrogens is 280 g/mol. The van der Waals surface area contributed by atoms with E-state index in [1.54, 1.807) is 0 Å². The van der Waals surface area contributed by atoms with Crippen LogP contribution in [-0.4, -0.2) is 27.7 Å². The molecule has 0 amide bonds. The van der Waals surface area contributed by atoms with Crippen LogP contribution in [0.25, 0.3) is 11.1 Å². The number of aryl methyl sites for hydroxylation is 1. The topological polar surface area (TPSA) is 33.4 Å². The summed E-state index contributed by atoms with van der Waals surface area (Å²) in [6.07, 6.45) is 7.12. The van der Waals surface area contributed by atoms with Gasteiger partial charge in [0.2, 0.25) is 0 Å². The highest BCUT2D eigenvalue weighted by Crippen LogP contribution is 2.29. The lowest BCUT2D eigenvalue weighted by atomic mass is 10.1. The lowest BCUT2D eigenvalue weighted by molar-refractivity contribution is 0.811. The van der Waals surface area contributed by atoms with E-state index in [4.69, 9.17) is 0 Å². The molecule has 1 aliphatic rings. The molecule has 0 radical (unpaired) electrons. The Labute approximate surface area is 127 Å². The number of hydrogen-bond donors (Lipinski definition) is 0. The van der Waals surface area contributed by atoms with Gasteiger partial charge in [0.05, 0.1) is 5.69 Å². The van der Waals surface area contributed by atoms with Gasteiger partial charge in [-0.1, -0.05) is 12.1 Å². The number of nitrogens with zero attached hydrogens (tertiary/aromatic N) is 4. The molecular formula is C16H16N4S. The highest BCUT2D eigenvalue weighted by atomic mass is 32.1. The first-order valence-corrected chi connectivity index (χ1v) is 7.98. The quantitative estimate of drug-likeness (QED) is 0.727. The van der Waals surface area contributed by atoms with E-state index in [2.05, 4.69) is 44.6 Å². The summed E-state index contributed by atoms with van der Waals surface area (Å²) in [4.78, 5) is 8.29. The van der Waals surface area contributed by atoms with Gasteiger partial charge in [0.1, 0.15) is 5.52 Å². The van der Waals surface area contributed by atoms with Gasteiger partial charge in [-0.25, -0.2) is 9.50 Å². The SMILES string of the molecule is Cc1cc2c(N3CC=C(c4cccs4)CC3)nccn2n1. The van der Waals surface area contributed by atoms with Crippen molar-refractivity contribution in [2.24, 2.45) is 0 Å². The Morgan fingerprint density at radius 3 is 3.05 bits per heavy atom. The van der Waals surface area contributed by atoms with Gasteiger partial charge in [0, 0.05) is 30.4 Å². The highest BCUT2D eigenvalue weighted by Gasteiger charge is 2.17. The van der Waals surface area contributed by atoms with Gasteiger partial charge >= 0.3 is 0 Å². The van der Waals surface area contributed by atoms with E-state index in [1.165, 1.54) is 10.5 Å². The number of anilines is 1. The first-order chi connectivity index (χ1) is 10.3. The molecule has 0 bridgehead atoms. The van der Waals surface area contributed by atoms with Crippen molar-refractivity contribution in [2.45, 2.75) is 13.3 Å². The van der Waals surface area contributed by atoms with Crippen LogP contribution in [0.2, 0.25) is 0 Å². The summed E-state index contributed by atoms with van der Waals surface area (Å²) < 4.78 is 1.91. The van der Waals surface area contributed by atoms with Crippen molar-refractivity contribution >= 4 is 28.2 Å². The van der Waals surface area contributed by atoms with Gasteiger partial charge < -0.3 is 4.90 Å². The van der Waals surface area contributed by atoms with Crippen LogP contribution in [0.1, 0.15) is 17.0 Å². The summed E-state index contributed by atoms with van der Waals surface area (Å²) in [7, 11) is 0. The molecule has 3 aromatic rings. The first kappa shape index (κ1) is 12.6. The van der Waals surface area contributed by atoms with E-state index >= 15 is 0 Å². The molecule has 4 rings (SSSR count). The van der Waals surface area contributed by atoms with Crippen molar-refractivity contribution in [2.75, 3.05) is 18.0 Å². The van der Waals surface area contributed by atoms with Crippen LogP contribution in [0, 0.1) is 6.92 Å². The number of aromatic nitrogens is 3. The zero-order valence-corrected chi connectivity index (χ0v) is 12.7. The molecule has 0 saturated heterocycles. The van der Waals surface area contributed by atoms with Gasteiger partial charge in [0.25, 0.3) is 0 Å². The van der Waals surface area contributed by atoms with Crippen molar-refractivity contribution in [1.29, 1.82) is 0 Å². The molecule has 0 aliphatic carbocycles. The van der Waals surface area contributed by atoms with E-state index in [-0.39, 0.29) is 0 Å². The fraction of sp³-hybridized carbons (Fsp3) is 0.250. The standard InChI is InChI=1S/C16H16N4S/c1-12-11-14-16(17-6-9-20(14)18-12)19-7-4-13(5-8-19)15-3-2-10-21-15/h2-4,6,9-11H,5,7-8H2,1H3. The van der Waals surface area contributed by atoms with Crippen LogP contribution in [0.5, 0.6) is 0 Å². The summed E-state index contributed by atoms with van der Waals surface area (Å²) in [5.41, 5.74) is 3.57. The van der Waals surface area contributed by atoms with Gasteiger partial charge in [-0.3, -0.25) is 0 Å². The van der Waals surface area contributed by atoms with E-state index in [0.717, 1.165) is 36.5 Å². The van der Waals surface area contributed by atoms with Crippen molar-refractivity contribution in [3.8, 4) is 0 Å². The number of rotatable bonds is 2. The Kier molecular flexibility index (Phi) is 3.00. The molecule has 4 heterocycles. The molecule has 21 heavy (non-hydrogen) atoms. The van der Waals surface area contributed by atoms with Crippen LogP contribution in [0.3, 0.4) is 0 Å². The van der Waals surface area contributed by atoms with Crippen molar-refractivity contribution in [3.05, 3.63) is 52.6 Å². The van der Waals surface area contributed by atoms with E-state index in [0.29, 0.717) is 0 Å². The second-order valence-corrected chi connectivity index (χ2v) is 6.22. The monoisotopic (exact) mass is 296 g/mol. The Bertz CT molecular complexity index is 801. The van der Waals surface area contributed by atoms with Crippen LogP contribution in [-0.2, 0) is 0 Å². The summed E-state index contributed by atoms with van der Waals surface area (Å²) in [5.74, 6) is 1.03. The van der Waals surface area contributed by atoms with Crippen LogP contribution >= 0.6 is 11.3 Å². The Morgan fingerprint density at radius 2 is 2.29 bits per heavy atom. The van der Waals surface area contributed by atoms with E-state index in [1.807, 2.05) is 35.2 Å². The Balaban J connectivity index is 1.66. The average molecular weight is 296 g/mol. The predicted octanol–water partition coefficient (Wildman–Crippen LogP) is 3.39. The van der Waals surface area contributed by atoms with Crippen molar-refractivity contribution in [3.63, 3.8) is 0 Å². The third-order valence-corrected chi connectivity index (χ3v) is 4.78. The maximum Gasteiger partial charge on any atom is 0.154 e. The van der Waals surface area contributed by atoms with Gasteiger partial charge in [-0.05, 0) is 36.4 Å². The second kappa shape index (κ2) is 5.00. The number of fused-ring (bicyclic) bond motifs is 1. The fourth-order valence-electron chi connectivity index (χ4n) is 2.82. The predicted molar refractivity (Wildman–Crippen MR) is 86.9 cm³/mol. The number of thiophene rings is 1. The molecule has 0 unspecified atom stereocenters. The smallest absolute Gasteiger partial charge is 0.154 e. The normalized spacial score (nSPS) is 15.5. The van der Waals surface area contributed by atoms with E-state index in [9.17, 15) is 0 Å². The molecule has 1 aliphatic heterocycles. The van der Waals surface area contributed by atoms with Crippen molar-refractivity contribution < 1.29 is 0 Å². The Morgan fingerprint density at radius 1 is 1.33 bits per heavy atom. The molecule has 106 valence electrons.